The van der Waals surface area contributed by atoms with Gasteiger partial charge in [0.25, 0.3) is 5.91 Å². The maximum atomic E-state index is 11.4. The molecule has 1 unspecified atom stereocenters. The molecule has 2 aliphatic rings. The molecule has 1 saturated heterocycles. The van der Waals surface area contributed by atoms with Gasteiger partial charge in [0, 0.05) is 24.3 Å². The number of ether oxygens (including phenoxy) is 1. The lowest BCUT2D eigenvalue weighted by Crippen LogP contribution is -2.25. The van der Waals surface area contributed by atoms with Crippen molar-refractivity contribution in [2.24, 2.45) is 0 Å². The van der Waals surface area contributed by atoms with Crippen LogP contribution in [0, 0.1) is 0 Å². The van der Waals surface area contributed by atoms with Gasteiger partial charge in [0.15, 0.2) is 6.61 Å². The Morgan fingerprint density at radius 2 is 2.04 bits per heavy atom. The number of fused-ring (bicyclic) bond motifs is 1. The van der Waals surface area contributed by atoms with E-state index in [0.29, 0.717) is 23.0 Å². The molecule has 2 heterocycles. The third-order valence-electron chi connectivity index (χ3n) is 4.41. The molecule has 1 amide bonds. The molecule has 2 aliphatic heterocycles. The van der Waals surface area contributed by atoms with Crippen molar-refractivity contribution in [1.82, 2.24) is 0 Å². The first kappa shape index (κ1) is 15.3. The number of nitrogens with one attached hydrogen (secondary N) is 1. The number of amides is 1. The lowest BCUT2D eigenvalue weighted by atomic mass is 10.0. The molecule has 0 aromatic heterocycles. The molecule has 124 valence electrons. The fraction of sp³-hybridized carbons (Fsp3) is 0.278. The van der Waals surface area contributed by atoms with Gasteiger partial charge in [0.1, 0.15) is 5.75 Å². The molecule has 2 aromatic carbocycles. The zero-order valence-corrected chi connectivity index (χ0v) is 13.7. The van der Waals surface area contributed by atoms with Gasteiger partial charge in [-0.05, 0) is 36.2 Å². The summed E-state index contributed by atoms with van der Waals surface area (Å²) in [7, 11) is 0. The van der Waals surface area contributed by atoms with Crippen LogP contribution in [0.3, 0.4) is 0 Å². The molecule has 1 atom stereocenters. The van der Waals surface area contributed by atoms with Gasteiger partial charge in [-0.15, -0.1) is 0 Å². The van der Waals surface area contributed by atoms with Crippen LogP contribution in [0.25, 0.3) is 11.1 Å². The van der Waals surface area contributed by atoms with Crippen molar-refractivity contribution in [1.29, 1.82) is 0 Å². The van der Waals surface area contributed by atoms with E-state index in [4.69, 9.17) is 16.3 Å². The van der Waals surface area contributed by atoms with Crippen LogP contribution in [0.2, 0.25) is 5.02 Å². The molecule has 0 aliphatic carbocycles. The normalized spacial score (nSPS) is 19.7. The lowest BCUT2D eigenvalue weighted by Gasteiger charge is -2.20. The largest absolute Gasteiger partial charge is 0.482 e. The standard InChI is InChI=1S/C18H17ClN2O3/c19-15-8-16-17(24-10-18(23)20-16)7-14(15)11-1-3-12(4-2-11)21-6-5-13(22)9-21/h1-4,7-8,13,22H,5-6,9-10H2,(H,20,23). The highest BCUT2D eigenvalue weighted by Crippen LogP contribution is 2.39. The van der Waals surface area contributed by atoms with Crippen molar-refractivity contribution >= 4 is 28.9 Å². The number of nitrogens with zero attached hydrogens (tertiary/aromatic N) is 1. The Morgan fingerprint density at radius 1 is 1.25 bits per heavy atom. The summed E-state index contributed by atoms with van der Waals surface area (Å²) in [5, 5.41) is 13.0. The first-order valence-electron chi connectivity index (χ1n) is 7.90. The van der Waals surface area contributed by atoms with Gasteiger partial charge in [-0.2, -0.15) is 0 Å². The maximum absolute atomic E-state index is 11.4. The smallest absolute Gasteiger partial charge is 0.262 e. The molecule has 5 nitrogen and oxygen atoms in total. The summed E-state index contributed by atoms with van der Waals surface area (Å²) in [6.07, 6.45) is 0.564. The molecular weight excluding hydrogens is 328 g/mol. The number of aliphatic hydroxyl groups excluding tert-OH is 1. The van der Waals surface area contributed by atoms with Crippen LogP contribution in [0.4, 0.5) is 11.4 Å². The predicted molar refractivity (Wildman–Crippen MR) is 93.8 cm³/mol. The van der Waals surface area contributed by atoms with Gasteiger partial charge >= 0.3 is 0 Å². The number of carbonyl (C=O) groups excluding carboxylic acids is 1. The summed E-state index contributed by atoms with van der Waals surface area (Å²) in [4.78, 5) is 13.5. The van der Waals surface area contributed by atoms with Crippen LogP contribution in [0.5, 0.6) is 5.75 Å². The Kier molecular flexibility index (Phi) is 3.82. The van der Waals surface area contributed by atoms with Crippen LogP contribution < -0.4 is 15.0 Å². The van der Waals surface area contributed by atoms with Crippen molar-refractivity contribution < 1.29 is 14.6 Å². The lowest BCUT2D eigenvalue weighted by molar-refractivity contribution is -0.118. The van der Waals surface area contributed by atoms with E-state index in [1.54, 1.807) is 6.07 Å². The van der Waals surface area contributed by atoms with Gasteiger partial charge in [-0.25, -0.2) is 0 Å². The second kappa shape index (κ2) is 6.00. The molecule has 0 radical (unpaired) electrons. The summed E-state index contributed by atoms with van der Waals surface area (Å²) < 4.78 is 5.46. The molecule has 0 bridgehead atoms. The molecule has 24 heavy (non-hydrogen) atoms. The van der Waals surface area contributed by atoms with E-state index < -0.39 is 0 Å². The first-order valence-corrected chi connectivity index (χ1v) is 8.27. The van der Waals surface area contributed by atoms with E-state index in [-0.39, 0.29) is 18.6 Å². The Hall–Kier alpha value is -2.24. The van der Waals surface area contributed by atoms with Crippen LogP contribution in [-0.4, -0.2) is 36.8 Å². The van der Waals surface area contributed by atoms with Crippen molar-refractivity contribution in [2.75, 3.05) is 29.9 Å². The Bertz CT molecular complexity index is 792. The van der Waals surface area contributed by atoms with E-state index in [0.717, 1.165) is 29.8 Å². The third kappa shape index (κ3) is 2.81. The molecule has 0 spiro atoms. The number of rotatable bonds is 2. The summed E-state index contributed by atoms with van der Waals surface area (Å²) in [6.45, 7) is 1.56. The van der Waals surface area contributed by atoms with Gasteiger partial charge in [-0.1, -0.05) is 23.7 Å². The fourth-order valence-electron chi connectivity index (χ4n) is 3.15. The SMILES string of the molecule is O=C1COc2cc(-c3ccc(N4CCC(O)C4)cc3)c(Cl)cc2N1. The molecule has 6 heteroatoms. The van der Waals surface area contributed by atoms with E-state index in [1.165, 1.54) is 0 Å². The van der Waals surface area contributed by atoms with Gasteiger partial charge in [0.05, 0.1) is 16.8 Å². The van der Waals surface area contributed by atoms with E-state index in [9.17, 15) is 9.90 Å². The van der Waals surface area contributed by atoms with Crippen LogP contribution in [0.1, 0.15) is 6.42 Å². The number of halogens is 1. The molecule has 1 fully saturated rings. The summed E-state index contributed by atoms with van der Waals surface area (Å²) in [5.41, 5.74) is 3.53. The molecular formula is C18H17ClN2O3. The summed E-state index contributed by atoms with van der Waals surface area (Å²) in [5.74, 6) is 0.448. The molecule has 4 rings (SSSR count). The maximum Gasteiger partial charge on any atom is 0.262 e. The van der Waals surface area contributed by atoms with Crippen LogP contribution in [-0.2, 0) is 4.79 Å². The molecule has 2 N–H and O–H groups in total. The minimum absolute atomic E-state index is 0.0182. The minimum atomic E-state index is -0.243. The van der Waals surface area contributed by atoms with E-state index in [1.807, 2.05) is 30.3 Å². The van der Waals surface area contributed by atoms with Crippen LogP contribution in [0.15, 0.2) is 36.4 Å². The average molecular weight is 345 g/mol. The molecule has 0 saturated carbocycles. The highest BCUT2D eigenvalue weighted by Gasteiger charge is 2.21. The number of hydrogen-bond donors (Lipinski definition) is 2. The number of benzene rings is 2. The van der Waals surface area contributed by atoms with Crippen LogP contribution >= 0.6 is 11.6 Å². The van der Waals surface area contributed by atoms with Crippen molar-refractivity contribution in [3.8, 4) is 16.9 Å². The topological polar surface area (TPSA) is 61.8 Å². The van der Waals surface area contributed by atoms with E-state index in [2.05, 4.69) is 10.2 Å². The summed E-state index contributed by atoms with van der Waals surface area (Å²) in [6, 6.07) is 11.7. The number of aliphatic hydroxyl groups is 1. The van der Waals surface area contributed by atoms with E-state index >= 15 is 0 Å². The number of carbonyl (C=O) groups is 1. The minimum Gasteiger partial charge on any atom is -0.482 e. The quantitative estimate of drug-likeness (QED) is 0.879. The summed E-state index contributed by atoms with van der Waals surface area (Å²) >= 11 is 6.38. The fourth-order valence-corrected chi connectivity index (χ4v) is 3.42. The highest BCUT2D eigenvalue weighted by molar-refractivity contribution is 6.34. The Balaban J connectivity index is 1.63. The second-order valence-electron chi connectivity index (χ2n) is 6.10. The average Bonchev–Trinajstić information content (AvgIpc) is 3.01. The zero-order chi connectivity index (χ0) is 16.7. The number of anilines is 2. The number of β-amino-alcohol motifs (C(OH)–C–C–N with tert-alkyl or cyclic N) is 1. The van der Waals surface area contributed by atoms with Gasteiger partial charge < -0.3 is 20.1 Å². The Labute approximate surface area is 144 Å². The molecule has 2 aromatic rings. The van der Waals surface area contributed by atoms with Crippen molar-refractivity contribution in [3.05, 3.63) is 41.4 Å². The third-order valence-corrected chi connectivity index (χ3v) is 4.72. The van der Waals surface area contributed by atoms with Crippen molar-refractivity contribution in [2.45, 2.75) is 12.5 Å². The van der Waals surface area contributed by atoms with Crippen molar-refractivity contribution in [3.63, 3.8) is 0 Å². The Morgan fingerprint density at radius 3 is 2.75 bits per heavy atom. The number of hydrogen-bond acceptors (Lipinski definition) is 4. The zero-order valence-electron chi connectivity index (χ0n) is 13.0. The highest BCUT2D eigenvalue weighted by atomic mass is 35.5. The van der Waals surface area contributed by atoms with Gasteiger partial charge in [0.2, 0.25) is 0 Å². The monoisotopic (exact) mass is 344 g/mol. The second-order valence-corrected chi connectivity index (χ2v) is 6.51. The predicted octanol–water partition coefficient (Wildman–Crippen LogP) is 2.91. The first-order chi connectivity index (χ1) is 11.6. The van der Waals surface area contributed by atoms with Gasteiger partial charge in [-0.3, -0.25) is 4.79 Å².